The molecule has 0 aromatic heterocycles. The Balaban J connectivity index is 2.25. The number of aryl methyl sites for hydroxylation is 1. The van der Waals surface area contributed by atoms with Crippen molar-refractivity contribution in [3.05, 3.63) is 35.1 Å². The molecule has 0 saturated carbocycles. The van der Waals surface area contributed by atoms with Crippen molar-refractivity contribution < 1.29 is 9.18 Å². The third-order valence-electron chi connectivity index (χ3n) is 3.50. The van der Waals surface area contributed by atoms with Gasteiger partial charge in [-0.1, -0.05) is 12.1 Å². The van der Waals surface area contributed by atoms with Crippen LogP contribution in [0.3, 0.4) is 0 Å². The molecule has 3 nitrogen and oxygen atoms in total. The van der Waals surface area contributed by atoms with E-state index in [0.29, 0.717) is 12.1 Å². The van der Waals surface area contributed by atoms with Gasteiger partial charge >= 0.3 is 0 Å². The van der Waals surface area contributed by atoms with E-state index in [-0.39, 0.29) is 17.5 Å². The second kappa shape index (κ2) is 5.48. The number of nitrogens with one attached hydrogen (secondary N) is 1. The molecular weight excluding hydrogens is 231 g/mol. The molecule has 1 unspecified atom stereocenters. The van der Waals surface area contributed by atoms with E-state index in [1.807, 2.05) is 6.92 Å². The minimum atomic E-state index is -0.396. The number of amides is 1. The minimum Gasteiger partial charge on any atom is -0.335 e. The summed E-state index contributed by atoms with van der Waals surface area (Å²) in [7, 11) is 0. The highest BCUT2D eigenvalue weighted by Crippen LogP contribution is 2.17. The van der Waals surface area contributed by atoms with Gasteiger partial charge in [-0.15, -0.1) is 0 Å². The minimum absolute atomic E-state index is 0.183. The molecular formula is C14H19FN2O. The van der Waals surface area contributed by atoms with E-state index < -0.39 is 5.82 Å². The van der Waals surface area contributed by atoms with Crippen LogP contribution < -0.4 is 5.32 Å². The molecule has 1 saturated heterocycles. The van der Waals surface area contributed by atoms with Crippen molar-refractivity contribution in [1.29, 1.82) is 0 Å². The quantitative estimate of drug-likeness (QED) is 0.889. The first-order valence-electron chi connectivity index (χ1n) is 6.42. The largest absolute Gasteiger partial charge is 0.335 e. The van der Waals surface area contributed by atoms with Gasteiger partial charge in [0.2, 0.25) is 0 Å². The molecule has 98 valence electrons. The van der Waals surface area contributed by atoms with Gasteiger partial charge in [-0.25, -0.2) is 4.39 Å². The van der Waals surface area contributed by atoms with E-state index in [4.69, 9.17) is 0 Å². The summed E-state index contributed by atoms with van der Waals surface area (Å²) in [6.45, 7) is 5.94. The Bertz CT molecular complexity index is 441. The first-order chi connectivity index (χ1) is 8.65. The molecule has 1 N–H and O–H groups in total. The third-order valence-corrected chi connectivity index (χ3v) is 3.50. The van der Waals surface area contributed by atoms with Gasteiger partial charge in [-0.05, 0) is 38.4 Å². The van der Waals surface area contributed by atoms with E-state index in [0.717, 1.165) is 19.5 Å². The number of carbonyl (C=O) groups is 1. The van der Waals surface area contributed by atoms with Crippen molar-refractivity contribution in [3.63, 3.8) is 0 Å². The average Bonchev–Trinajstić information content (AvgIpc) is 2.87. The SMILES string of the molecule is CCN(C(=O)c1cccc(C)c1F)C1CCNC1. The molecule has 1 heterocycles. The molecule has 1 aliphatic heterocycles. The summed E-state index contributed by atoms with van der Waals surface area (Å²) in [6.07, 6.45) is 0.938. The predicted octanol–water partition coefficient (Wildman–Crippen LogP) is 1.96. The van der Waals surface area contributed by atoms with Gasteiger partial charge in [-0.3, -0.25) is 4.79 Å². The van der Waals surface area contributed by atoms with Crippen LogP contribution in [-0.4, -0.2) is 36.5 Å². The van der Waals surface area contributed by atoms with Gasteiger partial charge in [0.15, 0.2) is 0 Å². The Hall–Kier alpha value is -1.42. The molecule has 4 heteroatoms. The molecule has 1 atom stereocenters. The summed E-state index contributed by atoms with van der Waals surface area (Å²) in [6, 6.07) is 5.16. The Morgan fingerprint density at radius 3 is 2.94 bits per heavy atom. The molecule has 0 spiro atoms. The Morgan fingerprint density at radius 2 is 2.33 bits per heavy atom. The lowest BCUT2D eigenvalue weighted by Crippen LogP contribution is -2.41. The number of rotatable bonds is 3. The maximum absolute atomic E-state index is 14.0. The zero-order valence-corrected chi connectivity index (χ0v) is 10.9. The fraction of sp³-hybridized carbons (Fsp3) is 0.500. The number of nitrogens with zero attached hydrogens (tertiary/aromatic N) is 1. The zero-order chi connectivity index (χ0) is 13.1. The van der Waals surface area contributed by atoms with E-state index in [2.05, 4.69) is 5.32 Å². The van der Waals surface area contributed by atoms with Crippen molar-refractivity contribution in [2.75, 3.05) is 19.6 Å². The lowest BCUT2D eigenvalue weighted by atomic mass is 10.1. The fourth-order valence-corrected chi connectivity index (χ4v) is 2.44. The Labute approximate surface area is 107 Å². The lowest BCUT2D eigenvalue weighted by Gasteiger charge is -2.27. The third kappa shape index (κ3) is 2.38. The maximum Gasteiger partial charge on any atom is 0.257 e. The number of carbonyl (C=O) groups excluding carboxylic acids is 1. The van der Waals surface area contributed by atoms with Crippen molar-refractivity contribution in [1.82, 2.24) is 10.2 Å². The topological polar surface area (TPSA) is 32.3 Å². The van der Waals surface area contributed by atoms with Crippen LogP contribution in [-0.2, 0) is 0 Å². The number of halogens is 1. The molecule has 0 radical (unpaired) electrons. The molecule has 1 aliphatic rings. The summed E-state index contributed by atoms with van der Waals surface area (Å²) in [5, 5.41) is 3.23. The van der Waals surface area contributed by atoms with Crippen LogP contribution >= 0.6 is 0 Å². The summed E-state index contributed by atoms with van der Waals surface area (Å²) in [4.78, 5) is 14.2. The highest BCUT2D eigenvalue weighted by atomic mass is 19.1. The van der Waals surface area contributed by atoms with Crippen molar-refractivity contribution in [2.24, 2.45) is 0 Å². The number of hydrogen-bond donors (Lipinski definition) is 1. The van der Waals surface area contributed by atoms with Gasteiger partial charge in [0.1, 0.15) is 5.82 Å². The molecule has 1 fully saturated rings. The van der Waals surface area contributed by atoms with Crippen LogP contribution in [0.5, 0.6) is 0 Å². The summed E-state index contributed by atoms with van der Waals surface area (Å²) in [5.74, 6) is -0.598. The Morgan fingerprint density at radius 1 is 1.56 bits per heavy atom. The van der Waals surface area contributed by atoms with Crippen LogP contribution in [0.25, 0.3) is 0 Å². The molecule has 1 aromatic rings. The predicted molar refractivity (Wildman–Crippen MR) is 69.1 cm³/mol. The second-order valence-corrected chi connectivity index (χ2v) is 4.67. The number of likely N-dealkylation sites (N-methyl/N-ethyl adjacent to an activating group) is 1. The van der Waals surface area contributed by atoms with Gasteiger partial charge in [0.05, 0.1) is 5.56 Å². The van der Waals surface area contributed by atoms with E-state index >= 15 is 0 Å². The fourth-order valence-electron chi connectivity index (χ4n) is 2.44. The lowest BCUT2D eigenvalue weighted by molar-refractivity contribution is 0.0699. The second-order valence-electron chi connectivity index (χ2n) is 4.67. The summed E-state index contributed by atoms with van der Waals surface area (Å²) < 4.78 is 14.0. The van der Waals surface area contributed by atoms with Crippen LogP contribution in [0.15, 0.2) is 18.2 Å². The van der Waals surface area contributed by atoms with Crippen molar-refractivity contribution in [2.45, 2.75) is 26.3 Å². The average molecular weight is 250 g/mol. The standard InChI is InChI=1S/C14H19FN2O/c1-3-17(11-7-8-16-9-11)14(18)12-6-4-5-10(2)13(12)15/h4-6,11,16H,3,7-9H2,1-2H3. The zero-order valence-electron chi connectivity index (χ0n) is 10.9. The maximum atomic E-state index is 14.0. The Kier molecular flexibility index (Phi) is 3.97. The molecule has 2 rings (SSSR count). The highest BCUT2D eigenvalue weighted by molar-refractivity contribution is 5.95. The van der Waals surface area contributed by atoms with E-state index in [1.165, 1.54) is 0 Å². The molecule has 18 heavy (non-hydrogen) atoms. The van der Waals surface area contributed by atoms with Gasteiger partial charge in [0, 0.05) is 19.1 Å². The van der Waals surface area contributed by atoms with Crippen LogP contribution in [0.4, 0.5) is 4.39 Å². The summed E-state index contributed by atoms with van der Waals surface area (Å²) >= 11 is 0. The van der Waals surface area contributed by atoms with Gasteiger partial charge in [-0.2, -0.15) is 0 Å². The van der Waals surface area contributed by atoms with Crippen LogP contribution in [0, 0.1) is 12.7 Å². The van der Waals surface area contributed by atoms with Crippen molar-refractivity contribution >= 4 is 5.91 Å². The van der Waals surface area contributed by atoms with Crippen LogP contribution in [0.1, 0.15) is 29.3 Å². The normalized spacial score (nSPS) is 18.9. The molecule has 1 amide bonds. The van der Waals surface area contributed by atoms with Gasteiger partial charge < -0.3 is 10.2 Å². The molecule has 0 aliphatic carbocycles. The van der Waals surface area contributed by atoms with Gasteiger partial charge in [0.25, 0.3) is 5.91 Å². The molecule has 0 bridgehead atoms. The monoisotopic (exact) mass is 250 g/mol. The van der Waals surface area contributed by atoms with Crippen LogP contribution in [0.2, 0.25) is 0 Å². The highest BCUT2D eigenvalue weighted by Gasteiger charge is 2.27. The van der Waals surface area contributed by atoms with E-state index in [9.17, 15) is 9.18 Å². The molecule has 1 aromatic carbocycles. The number of hydrogen-bond acceptors (Lipinski definition) is 2. The first kappa shape index (κ1) is 13.0. The smallest absolute Gasteiger partial charge is 0.257 e. The van der Waals surface area contributed by atoms with Crippen molar-refractivity contribution in [3.8, 4) is 0 Å². The number of benzene rings is 1. The first-order valence-corrected chi connectivity index (χ1v) is 6.42. The van der Waals surface area contributed by atoms with E-state index in [1.54, 1.807) is 30.0 Å². The summed E-state index contributed by atoms with van der Waals surface area (Å²) in [5.41, 5.74) is 0.699.